The first kappa shape index (κ1) is 8.04. The first-order valence-corrected chi connectivity index (χ1v) is 3.62. The Morgan fingerprint density at radius 1 is 1.55 bits per heavy atom. The third-order valence-electron chi connectivity index (χ3n) is 1.63. The molecule has 0 aromatic heterocycles. The van der Waals surface area contributed by atoms with Gasteiger partial charge in [-0.1, -0.05) is 13.8 Å². The summed E-state index contributed by atoms with van der Waals surface area (Å²) in [6.45, 7) is 3.75. The minimum absolute atomic E-state index is 0.0119. The van der Waals surface area contributed by atoms with E-state index in [1.54, 1.807) is 0 Å². The summed E-state index contributed by atoms with van der Waals surface area (Å²) in [7, 11) is 0. The molecule has 4 heteroatoms. The largest absolute Gasteiger partial charge is 0.342 e. The summed E-state index contributed by atoms with van der Waals surface area (Å²) in [6.07, 6.45) is 0. The smallest absolute Gasteiger partial charge is 0.264 e. The predicted octanol–water partition coefficient (Wildman–Crippen LogP) is -0.728. The molecule has 1 radical (unpaired) electrons. The number of hydrogen-bond donors (Lipinski definition) is 1. The molecule has 0 saturated carbocycles. The summed E-state index contributed by atoms with van der Waals surface area (Å²) in [5, 5.41) is 6.15. The number of hydrogen-bond acceptors (Lipinski definition) is 2. The molecule has 1 fully saturated rings. The second-order valence-corrected chi connectivity index (χ2v) is 2.94. The Balaban J connectivity index is 2.61. The van der Waals surface area contributed by atoms with Gasteiger partial charge in [0.1, 0.15) is 12.6 Å². The Morgan fingerprint density at radius 2 is 2.18 bits per heavy atom. The van der Waals surface area contributed by atoms with E-state index in [1.165, 1.54) is 0 Å². The van der Waals surface area contributed by atoms with Gasteiger partial charge < -0.3 is 5.32 Å². The van der Waals surface area contributed by atoms with Crippen LogP contribution in [0.2, 0.25) is 0 Å². The molecular formula is C7H11N2O2. The van der Waals surface area contributed by atoms with E-state index < -0.39 is 6.04 Å². The Hall–Kier alpha value is -1.06. The fraction of sp³-hybridized carbons (Fsp3) is 0.714. The van der Waals surface area contributed by atoms with Gasteiger partial charge in [0, 0.05) is 0 Å². The van der Waals surface area contributed by atoms with Crippen molar-refractivity contribution < 1.29 is 9.59 Å². The van der Waals surface area contributed by atoms with Crippen molar-refractivity contribution in [2.24, 2.45) is 5.92 Å². The molecule has 0 bridgehead atoms. The first-order valence-electron chi connectivity index (χ1n) is 3.62. The molecule has 0 aliphatic carbocycles. The van der Waals surface area contributed by atoms with Crippen molar-refractivity contribution in [1.82, 2.24) is 10.6 Å². The SMILES string of the molecule is CC(C)C1NC(=O)C[N]C1=O. The van der Waals surface area contributed by atoms with Gasteiger partial charge in [-0.15, -0.1) is 0 Å². The number of piperazine rings is 1. The molecule has 61 valence electrons. The highest BCUT2D eigenvalue weighted by atomic mass is 16.2. The van der Waals surface area contributed by atoms with Crippen LogP contribution in [0.5, 0.6) is 0 Å². The number of rotatable bonds is 1. The number of nitrogens with zero attached hydrogens (tertiary/aromatic N) is 1. The summed E-state index contributed by atoms with van der Waals surface area (Å²) in [4.78, 5) is 21.8. The Kier molecular flexibility index (Phi) is 2.12. The molecule has 1 N–H and O–H groups in total. The van der Waals surface area contributed by atoms with Crippen LogP contribution in [0.4, 0.5) is 0 Å². The van der Waals surface area contributed by atoms with Crippen LogP contribution in [-0.4, -0.2) is 24.4 Å². The quantitative estimate of drug-likeness (QED) is 0.542. The van der Waals surface area contributed by atoms with Gasteiger partial charge in [-0.25, -0.2) is 5.32 Å². The van der Waals surface area contributed by atoms with Crippen molar-refractivity contribution in [2.45, 2.75) is 19.9 Å². The number of carbonyl (C=O) groups is 2. The standard InChI is InChI=1S/C7H11N2O2/c1-4(2)6-7(11)8-3-5(10)9-6/h4,6H,3H2,1-2H3,(H,9,10). The lowest BCUT2D eigenvalue weighted by atomic mass is 10.0. The summed E-state index contributed by atoms with van der Waals surface area (Å²) in [5.74, 6) is -0.251. The van der Waals surface area contributed by atoms with E-state index in [0.717, 1.165) is 0 Å². The van der Waals surface area contributed by atoms with Crippen molar-refractivity contribution in [3.05, 3.63) is 0 Å². The number of carbonyl (C=O) groups excluding carboxylic acids is 2. The third-order valence-corrected chi connectivity index (χ3v) is 1.63. The van der Waals surface area contributed by atoms with Crippen LogP contribution in [0, 0.1) is 5.92 Å². The maximum atomic E-state index is 11.0. The van der Waals surface area contributed by atoms with Gasteiger partial charge in [0.25, 0.3) is 5.91 Å². The van der Waals surface area contributed by atoms with Crippen LogP contribution in [0.1, 0.15) is 13.8 Å². The topological polar surface area (TPSA) is 60.3 Å². The lowest BCUT2D eigenvalue weighted by molar-refractivity contribution is -0.135. The molecule has 0 spiro atoms. The summed E-state index contributed by atoms with van der Waals surface area (Å²) >= 11 is 0. The predicted molar refractivity (Wildman–Crippen MR) is 38.8 cm³/mol. The number of amides is 2. The monoisotopic (exact) mass is 155 g/mol. The molecule has 0 aromatic carbocycles. The van der Waals surface area contributed by atoms with E-state index in [-0.39, 0.29) is 24.3 Å². The Labute approximate surface area is 65.3 Å². The van der Waals surface area contributed by atoms with Gasteiger partial charge in [0.05, 0.1) is 0 Å². The van der Waals surface area contributed by atoms with E-state index in [0.29, 0.717) is 0 Å². The van der Waals surface area contributed by atoms with Gasteiger partial charge in [-0.3, -0.25) is 9.59 Å². The Bertz CT molecular complexity index is 189. The zero-order valence-corrected chi connectivity index (χ0v) is 6.63. The van der Waals surface area contributed by atoms with E-state index >= 15 is 0 Å². The summed E-state index contributed by atoms with van der Waals surface area (Å²) in [5.41, 5.74) is 0. The van der Waals surface area contributed by atoms with Gasteiger partial charge in [0.2, 0.25) is 5.91 Å². The van der Waals surface area contributed by atoms with Crippen molar-refractivity contribution in [3.63, 3.8) is 0 Å². The maximum Gasteiger partial charge on any atom is 0.264 e. The highest BCUT2D eigenvalue weighted by Gasteiger charge is 2.29. The molecule has 1 aliphatic rings. The summed E-state index contributed by atoms with van der Waals surface area (Å²) in [6, 6.07) is -0.406. The van der Waals surface area contributed by atoms with Crippen molar-refractivity contribution in [1.29, 1.82) is 0 Å². The molecule has 1 unspecified atom stereocenters. The first-order chi connectivity index (χ1) is 5.11. The molecule has 2 amide bonds. The highest BCUT2D eigenvalue weighted by molar-refractivity contribution is 5.94. The van der Waals surface area contributed by atoms with Crippen LogP contribution in [0.3, 0.4) is 0 Å². The van der Waals surface area contributed by atoms with Crippen LogP contribution in [-0.2, 0) is 9.59 Å². The fourth-order valence-electron chi connectivity index (χ4n) is 0.981. The van der Waals surface area contributed by atoms with Crippen LogP contribution in [0.15, 0.2) is 0 Å². The second kappa shape index (κ2) is 2.90. The fourth-order valence-corrected chi connectivity index (χ4v) is 0.981. The molecule has 1 heterocycles. The lowest BCUT2D eigenvalue weighted by Crippen LogP contribution is -2.55. The van der Waals surface area contributed by atoms with Crippen molar-refractivity contribution in [3.8, 4) is 0 Å². The van der Waals surface area contributed by atoms with E-state index in [4.69, 9.17) is 0 Å². The van der Waals surface area contributed by atoms with Crippen LogP contribution in [0.25, 0.3) is 0 Å². The third kappa shape index (κ3) is 1.69. The van der Waals surface area contributed by atoms with Gasteiger partial charge in [0.15, 0.2) is 0 Å². The molecule has 11 heavy (non-hydrogen) atoms. The molecule has 1 rings (SSSR count). The highest BCUT2D eigenvalue weighted by Crippen LogP contribution is 2.04. The average Bonchev–Trinajstić information content (AvgIpc) is 1.94. The Morgan fingerprint density at radius 3 is 2.64 bits per heavy atom. The van der Waals surface area contributed by atoms with Gasteiger partial charge >= 0.3 is 0 Å². The molecule has 1 atom stereocenters. The van der Waals surface area contributed by atoms with Crippen molar-refractivity contribution in [2.75, 3.05) is 6.54 Å². The normalized spacial score (nSPS) is 24.8. The number of nitrogens with one attached hydrogen (secondary N) is 1. The minimum Gasteiger partial charge on any atom is -0.342 e. The molecular weight excluding hydrogens is 144 g/mol. The van der Waals surface area contributed by atoms with Crippen LogP contribution >= 0.6 is 0 Å². The van der Waals surface area contributed by atoms with E-state index in [9.17, 15) is 9.59 Å². The van der Waals surface area contributed by atoms with E-state index in [2.05, 4.69) is 10.6 Å². The zero-order chi connectivity index (χ0) is 8.43. The van der Waals surface area contributed by atoms with E-state index in [1.807, 2.05) is 13.8 Å². The van der Waals surface area contributed by atoms with Gasteiger partial charge in [-0.2, -0.15) is 0 Å². The van der Waals surface area contributed by atoms with Crippen molar-refractivity contribution >= 4 is 11.8 Å². The molecule has 0 aromatic rings. The molecule has 1 aliphatic heterocycles. The molecule has 1 saturated heterocycles. The zero-order valence-electron chi connectivity index (χ0n) is 6.63. The molecule has 4 nitrogen and oxygen atoms in total. The minimum atomic E-state index is -0.406. The maximum absolute atomic E-state index is 11.0. The van der Waals surface area contributed by atoms with Crippen LogP contribution < -0.4 is 10.6 Å². The van der Waals surface area contributed by atoms with Gasteiger partial charge in [-0.05, 0) is 5.92 Å². The average molecular weight is 155 g/mol. The lowest BCUT2D eigenvalue weighted by Gasteiger charge is -2.24. The second-order valence-electron chi connectivity index (χ2n) is 2.94. The summed E-state index contributed by atoms with van der Waals surface area (Å²) < 4.78 is 0.